The van der Waals surface area contributed by atoms with Crippen LogP contribution in [0.1, 0.15) is 39.0 Å². The molecule has 21 heavy (non-hydrogen) atoms. The first-order valence-electron chi connectivity index (χ1n) is 8.37. The monoisotopic (exact) mass is 295 g/mol. The van der Waals surface area contributed by atoms with Gasteiger partial charge in [0.25, 0.3) is 0 Å². The first kappa shape index (κ1) is 15.3. The Morgan fingerprint density at radius 2 is 2.10 bits per heavy atom. The van der Waals surface area contributed by atoms with Crippen molar-refractivity contribution in [2.45, 2.75) is 62.7 Å². The molecule has 3 fully saturated rings. The molecule has 5 heteroatoms. The van der Waals surface area contributed by atoms with E-state index >= 15 is 0 Å². The Morgan fingerprint density at radius 3 is 2.81 bits per heavy atom. The van der Waals surface area contributed by atoms with Crippen molar-refractivity contribution >= 4 is 5.97 Å². The quantitative estimate of drug-likeness (QED) is 0.782. The van der Waals surface area contributed by atoms with E-state index < -0.39 is 5.54 Å². The molecule has 0 spiro atoms. The number of fused-ring (bicyclic) bond motifs is 1. The van der Waals surface area contributed by atoms with Crippen LogP contribution in [-0.4, -0.2) is 73.2 Å². The molecule has 3 rings (SSSR count). The second-order valence-electron chi connectivity index (χ2n) is 7.06. The number of carbonyl (C=O) groups excluding carboxylic acids is 1. The second-order valence-corrected chi connectivity index (χ2v) is 7.06. The highest BCUT2D eigenvalue weighted by molar-refractivity contribution is 5.81. The van der Waals surface area contributed by atoms with Gasteiger partial charge in [0.05, 0.1) is 7.11 Å². The lowest BCUT2D eigenvalue weighted by Crippen LogP contribution is -2.58. The van der Waals surface area contributed by atoms with Crippen molar-refractivity contribution in [3.05, 3.63) is 0 Å². The lowest BCUT2D eigenvalue weighted by atomic mass is 9.96. The predicted octanol–water partition coefficient (Wildman–Crippen LogP) is 0.839. The largest absolute Gasteiger partial charge is 0.468 e. The zero-order valence-electron chi connectivity index (χ0n) is 13.6. The molecule has 5 nitrogen and oxygen atoms in total. The molecule has 0 aromatic heterocycles. The Labute approximate surface area is 128 Å². The van der Waals surface area contributed by atoms with Gasteiger partial charge >= 0.3 is 5.97 Å². The maximum atomic E-state index is 12.1. The summed E-state index contributed by atoms with van der Waals surface area (Å²) in [5.74, 6) is -0.0975. The van der Waals surface area contributed by atoms with Gasteiger partial charge in [0, 0.05) is 31.2 Å². The summed E-state index contributed by atoms with van der Waals surface area (Å²) in [4.78, 5) is 17.5. The molecule has 2 aliphatic heterocycles. The number of likely N-dealkylation sites (N-methyl/N-ethyl adjacent to an activating group) is 1. The number of nitrogens with zero attached hydrogens (tertiary/aromatic N) is 2. The highest BCUT2D eigenvalue weighted by Gasteiger charge is 2.48. The van der Waals surface area contributed by atoms with Crippen LogP contribution in [0.4, 0.5) is 0 Å². The lowest BCUT2D eigenvalue weighted by Gasteiger charge is -2.45. The zero-order valence-corrected chi connectivity index (χ0v) is 13.6. The summed E-state index contributed by atoms with van der Waals surface area (Å²) in [6.45, 7) is 5.97. The van der Waals surface area contributed by atoms with Crippen molar-refractivity contribution in [1.29, 1.82) is 0 Å². The third-order valence-electron chi connectivity index (χ3n) is 6.00. The van der Waals surface area contributed by atoms with Crippen LogP contribution in [0.15, 0.2) is 0 Å². The molecule has 0 amide bonds. The molecule has 2 saturated heterocycles. The highest BCUT2D eigenvalue weighted by atomic mass is 16.5. The van der Waals surface area contributed by atoms with Crippen LogP contribution < -0.4 is 5.32 Å². The summed E-state index contributed by atoms with van der Waals surface area (Å²) >= 11 is 0. The summed E-state index contributed by atoms with van der Waals surface area (Å²) < 4.78 is 5.03. The maximum absolute atomic E-state index is 12.1. The molecule has 2 heterocycles. The molecule has 4 unspecified atom stereocenters. The van der Waals surface area contributed by atoms with E-state index in [2.05, 4.69) is 22.0 Å². The molecule has 4 atom stereocenters. The highest BCUT2D eigenvalue weighted by Crippen LogP contribution is 2.37. The summed E-state index contributed by atoms with van der Waals surface area (Å²) in [5, 5.41) is 3.25. The first-order chi connectivity index (χ1) is 10.1. The standard InChI is InChI=1S/C16H29N3O2/c1-12-10-18-8-4-5-14(18)11-19(12)13-6-7-16(9-13,17-2)15(20)21-3/h12-14,17H,4-11H2,1-3H3. The van der Waals surface area contributed by atoms with Crippen molar-refractivity contribution in [3.63, 3.8) is 0 Å². The van der Waals surface area contributed by atoms with Gasteiger partial charge in [0.2, 0.25) is 0 Å². The van der Waals surface area contributed by atoms with Crippen LogP contribution in [0.5, 0.6) is 0 Å². The summed E-state index contributed by atoms with van der Waals surface area (Å²) in [5.41, 5.74) is -0.466. The van der Waals surface area contributed by atoms with Crippen molar-refractivity contribution < 1.29 is 9.53 Å². The lowest BCUT2D eigenvalue weighted by molar-refractivity contribution is -0.148. The molecular formula is C16H29N3O2. The fourth-order valence-corrected chi connectivity index (χ4v) is 4.73. The minimum absolute atomic E-state index is 0.0975. The van der Waals surface area contributed by atoms with Crippen molar-refractivity contribution in [3.8, 4) is 0 Å². The molecule has 1 aliphatic carbocycles. The van der Waals surface area contributed by atoms with E-state index in [1.54, 1.807) is 0 Å². The van der Waals surface area contributed by atoms with Crippen molar-refractivity contribution in [2.24, 2.45) is 0 Å². The van der Waals surface area contributed by atoms with Gasteiger partial charge in [0.1, 0.15) is 5.54 Å². The normalized spacial score (nSPS) is 41.2. The van der Waals surface area contributed by atoms with E-state index in [1.807, 2.05) is 7.05 Å². The molecule has 0 aromatic carbocycles. The van der Waals surface area contributed by atoms with Gasteiger partial charge in [-0.05, 0) is 52.6 Å². The van der Waals surface area contributed by atoms with Crippen molar-refractivity contribution in [1.82, 2.24) is 15.1 Å². The number of carbonyl (C=O) groups is 1. The van der Waals surface area contributed by atoms with E-state index in [0.717, 1.165) is 25.3 Å². The maximum Gasteiger partial charge on any atom is 0.326 e. The molecule has 3 aliphatic rings. The Bertz CT molecular complexity index is 403. The van der Waals surface area contributed by atoms with Crippen LogP contribution in [-0.2, 0) is 9.53 Å². The SMILES string of the molecule is CNC1(C(=O)OC)CCC(N2CC3CCCN3CC2C)C1. The second kappa shape index (κ2) is 5.86. The molecule has 1 saturated carbocycles. The first-order valence-corrected chi connectivity index (χ1v) is 8.37. The summed E-state index contributed by atoms with van der Waals surface area (Å²) in [6, 6.07) is 1.84. The van der Waals surface area contributed by atoms with E-state index in [4.69, 9.17) is 4.74 Å². The smallest absolute Gasteiger partial charge is 0.326 e. The predicted molar refractivity (Wildman–Crippen MR) is 82.2 cm³/mol. The minimum atomic E-state index is -0.466. The Balaban J connectivity index is 1.69. The number of hydrogen-bond donors (Lipinski definition) is 1. The molecular weight excluding hydrogens is 266 g/mol. The van der Waals surface area contributed by atoms with E-state index in [9.17, 15) is 4.79 Å². The molecule has 120 valence electrons. The van der Waals surface area contributed by atoms with Crippen LogP contribution in [0.25, 0.3) is 0 Å². The summed E-state index contributed by atoms with van der Waals surface area (Å²) in [7, 11) is 3.38. The molecule has 0 radical (unpaired) electrons. The number of hydrogen-bond acceptors (Lipinski definition) is 5. The van der Waals surface area contributed by atoms with E-state index in [-0.39, 0.29) is 5.97 Å². The van der Waals surface area contributed by atoms with Crippen LogP contribution in [0.3, 0.4) is 0 Å². The average Bonchev–Trinajstić information content (AvgIpc) is 3.12. The number of ether oxygens (including phenoxy) is 1. The Hall–Kier alpha value is -0.650. The number of esters is 1. The molecule has 1 N–H and O–H groups in total. The zero-order chi connectivity index (χ0) is 15.0. The molecule has 0 bridgehead atoms. The van der Waals surface area contributed by atoms with Crippen LogP contribution in [0, 0.1) is 0 Å². The minimum Gasteiger partial charge on any atom is -0.468 e. The number of nitrogens with one attached hydrogen (secondary N) is 1. The fraction of sp³-hybridized carbons (Fsp3) is 0.938. The van der Waals surface area contributed by atoms with Gasteiger partial charge in [-0.25, -0.2) is 0 Å². The fourth-order valence-electron chi connectivity index (χ4n) is 4.73. The average molecular weight is 295 g/mol. The van der Waals surface area contributed by atoms with Gasteiger partial charge in [-0.3, -0.25) is 14.6 Å². The number of methoxy groups -OCH3 is 1. The third kappa shape index (κ3) is 2.60. The van der Waals surface area contributed by atoms with Crippen LogP contribution >= 0.6 is 0 Å². The van der Waals surface area contributed by atoms with Gasteiger partial charge in [-0.15, -0.1) is 0 Å². The Morgan fingerprint density at radius 1 is 1.29 bits per heavy atom. The van der Waals surface area contributed by atoms with E-state index in [0.29, 0.717) is 12.1 Å². The van der Waals surface area contributed by atoms with Crippen molar-refractivity contribution in [2.75, 3.05) is 33.8 Å². The summed E-state index contributed by atoms with van der Waals surface area (Å²) in [6.07, 6.45) is 5.54. The molecule has 0 aromatic rings. The Kier molecular flexibility index (Phi) is 4.26. The van der Waals surface area contributed by atoms with Crippen LogP contribution in [0.2, 0.25) is 0 Å². The third-order valence-corrected chi connectivity index (χ3v) is 6.00. The van der Waals surface area contributed by atoms with Gasteiger partial charge in [-0.2, -0.15) is 0 Å². The number of piperazine rings is 1. The topological polar surface area (TPSA) is 44.8 Å². The number of rotatable bonds is 3. The van der Waals surface area contributed by atoms with E-state index in [1.165, 1.54) is 39.6 Å². The van der Waals surface area contributed by atoms with Gasteiger partial charge in [0.15, 0.2) is 0 Å². The van der Waals surface area contributed by atoms with Gasteiger partial charge < -0.3 is 10.1 Å². The van der Waals surface area contributed by atoms with Gasteiger partial charge in [-0.1, -0.05) is 0 Å².